The number of benzene rings is 2. The van der Waals surface area contributed by atoms with Crippen LogP contribution in [-0.2, 0) is 23.1 Å². The van der Waals surface area contributed by atoms with Gasteiger partial charge in [-0.25, -0.2) is 4.98 Å². The average Bonchev–Trinajstić information content (AvgIpc) is 2.97. The van der Waals surface area contributed by atoms with Crippen LogP contribution in [0.5, 0.6) is 5.75 Å². The highest BCUT2D eigenvalue weighted by Gasteiger charge is 2.12. The van der Waals surface area contributed by atoms with Gasteiger partial charge in [0.25, 0.3) is 5.91 Å². The molecule has 0 aliphatic heterocycles. The molecule has 0 atom stereocenters. The molecule has 0 aliphatic rings. The molecule has 2 N–H and O–H groups in total. The molecule has 0 fully saturated rings. The van der Waals surface area contributed by atoms with Crippen molar-refractivity contribution >= 4 is 34.4 Å². The molecule has 0 saturated carbocycles. The van der Waals surface area contributed by atoms with Crippen LogP contribution in [0.3, 0.4) is 0 Å². The number of ether oxygens (including phenoxy) is 1. The minimum Gasteiger partial charge on any atom is -0.484 e. The smallest absolute Gasteiger partial charge is 0.276 e. The number of carbonyl (C=O) groups excluding carboxylic acids is 2. The first kappa shape index (κ1) is 18.7. The number of amides is 2. The van der Waals surface area contributed by atoms with Gasteiger partial charge in [-0.05, 0) is 42.8 Å². The van der Waals surface area contributed by atoms with Crippen molar-refractivity contribution in [1.82, 2.24) is 20.4 Å². The normalized spacial score (nSPS) is 10.6. The van der Waals surface area contributed by atoms with Crippen molar-refractivity contribution in [3.05, 3.63) is 58.9 Å². The van der Waals surface area contributed by atoms with Gasteiger partial charge >= 0.3 is 0 Å². The van der Waals surface area contributed by atoms with Crippen LogP contribution >= 0.6 is 11.6 Å². The lowest BCUT2D eigenvalue weighted by Crippen LogP contribution is -2.44. The number of fused-ring (bicyclic) bond motifs is 1. The molecule has 2 aromatic carbocycles. The van der Waals surface area contributed by atoms with Crippen LogP contribution in [0.25, 0.3) is 11.0 Å². The van der Waals surface area contributed by atoms with Crippen molar-refractivity contribution in [2.24, 2.45) is 7.05 Å². The Balaban J connectivity index is 1.48. The van der Waals surface area contributed by atoms with Crippen molar-refractivity contribution in [2.45, 2.75) is 13.3 Å². The maximum absolute atomic E-state index is 12.1. The van der Waals surface area contributed by atoms with Crippen molar-refractivity contribution < 1.29 is 14.3 Å². The van der Waals surface area contributed by atoms with Crippen LogP contribution in [0.1, 0.15) is 11.4 Å². The van der Waals surface area contributed by atoms with Gasteiger partial charge < -0.3 is 9.30 Å². The van der Waals surface area contributed by atoms with Crippen LogP contribution in [0.15, 0.2) is 42.5 Å². The number of rotatable bonds is 5. The molecule has 8 heteroatoms. The molecule has 0 aliphatic carbocycles. The van der Waals surface area contributed by atoms with E-state index in [1.54, 1.807) is 18.2 Å². The first-order chi connectivity index (χ1) is 12.9. The van der Waals surface area contributed by atoms with Crippen LogP contribution in [0.4, 0.5) is 0 Å². The Kier molecular flexibility index (Phi) is 5.61. The molecule has 1 heterocycles. The van der Waals surface area contributed by atoms with Gasteiger partial charge in [0, 0.05) is 12.1 Å². The number of aryl methyl sites for hydroxylation is 2. The zero-order chi connectivity index (χ0) is 19.4. The van der Waals surface area contributed by atoms with E-state index in [1.807, 2.05) is 42.8 Å². The third-order valence-corrected chi connectivity index (χ3v) is 4.46. The highest BCUT2D eigenvalue weighted by atomic mass is 35.5. The highest BCUT2D eigenvalue weighted by molar-refractivity contribution is 6.31. The molecule has 2 amide bonds. The zero-order valence-electron chi connectivity index (χ0n) is 15.0. The summed E-state index contributed by atoms with van der Waals surface area (Å²) in [6.07, 6.45) is 0.0443. The SMILES string of the molecule is Cc1cc(OCC(=O)NNC(=O)Cc2nc3ccccc3n2C)ccc1Cl. The Morgan fingerprint density at radius 1 is 1.15 bits per heavy atom. The van der Waals surface area contributed by atoms with Gasteiger partial charge in [-0.1, -0.05) is 23.7 Å². The van der Waals surface area contributed by atoms with E-state index in [1.165, 1.54) is 0 Å². The molecule has 0 unspecified atom stereocenters. The first-order valence-corrected chi connectivity index (χ1v) is 8.69. The average molecular weight is 387 g/mol. The Hall–Kier alpha value is -3.06. The zero-order valence-corrected chi connectivity index (χ0v) is 15.7. The molecular formula is C19H19ClN4O3. The predicted molar refractivity (Wildman–Crippen MR) is 102 cm³/mol. The van der Waals surface area contributed by atoms with Crippen molar-refractivity contribution in [3.63, 3.8) is 0 Å². The number of imidazole rings is 1. The molecule has 1 aromatic heterocycles. The molecule has 3 aromatic rings. The fraction of sp³-hybridized carbons (Fsp3) is 0.211. The number of carbonyl (C=O) groups is 2. The van der Waals surface area contributed by atoms with Crippen molar-refractivity contribution in [2.75, 3.05) is 6.61 Å². The summed E-state index contributed by atoms with van der Waals surface area (Å²) in [7, 11) is 1.85. The Bertz CT molecular complexity index is 1000. The molecule has 27 heavy (non-hydrogen) atoms. The lowest BCUT2D eigenvalue weighted by molar-refractivity contribution is -0.129. The van der Waals surface area contributed by atoms with E-state index < -0.39 is 5.91 Å². The minimum absolute atomic E-state index is 0.0443. The van der Waals surface area contributed by atoms with E-state index in [9.17, 15) is 9.59 Å². The third kappa shape index (κ3) is 4.57. The van der Waals surface area contributed by atoms with Gasteiger partial charge in [0.15, 0.2) is 6.61 Å². The quantitative estimate of drug-likeness (QED) is 0.659. The highest BCUT2D eigenvalue weighted by Crippen LogP contribution is 2.20. The standard InChI is InChI=1S/C19H19ClN4O3/c1-12-9-13(7-8-14(12)20)27-11-19(26)23-22-18(25)10-17-21-15-5-3-4-6-16(15)24(17)2/h3-9H,10-11H2,1-2H3,(H,22,25)(H,23,26). The summed E-state index contributed by atoms with van der Waals surface area (Å²) in [6, 6.07) is 12.7. The maximum Gasteiger partial charge on any atom is 0.276 e. The molecular weight excluding hydrogens is 368 g/mol. The third-order valence-electron chi connectivity index (χ3n) is 4.04. The van der Waals surface area contributed by atoms with E-state index in [4.69, 9.17) is 16.3 Å². The van der Waals surface area contributed by atoms with E-state index in [-0.39, 0.29) is 18.9 Å². The van der Waals surface area contributed by atoms with E-state index >= 15 is 0 Å². The number of aromatic nitrogens is 2. The van der Waals surface area contributed by atoms with Gasteiger partial charge in [0.05, 0.1) is 17.5 Å². The lowest BCUT2D eigenvalue weighted by Gasteiger charge is -2.09. The fourth-order valence-corrected chi connectivity index (χ4v) is 2.69. The van der Waals surface area contributed by atoms with Crippen molar-refractivity contribution in [3.8, 4) is 5.75 Å². The number of hydrogen-bond donors (Lipinski definition) is 2. The number of nitrogens with zero attached hydrogens (tertiary/aromatic N) is 2. The molecule has 0 spiro atoms. The second-order valence-corrected chi connectivity index (χ2v) is 6.46. The molecule has 0 saturated heterocycles. The molecule has 0 bridgehead atoms. The second kappa shape index (κ2) is 8.09. The summed E-state index contributed by atoms with van der Waals surface area (Å²) in [5.74, 6) is 0.291. The van der Waals surface area contributed by atoms with Crippen LogP contribution in [0, 0.1) is 6.92 Å². The summed E-state index contributed by atoms with van der Waals surface area (Å²) in [5.41, 5.74) is 7.30. The largest absolute Gasteiger partial charge is 0.484 e. The maximum atomic E-state index is 12.1. The van der Waals surface area contributed by atoms with Gasteiger partial charge in [0.1, 0.15) is 11.6 Å². The Labute approximate surface area is 161 Å². The summed E-state index contributed by atoms with van der Waals surface area (Å²) >= 11 is 5.94. The van der Waals surface area contributed by atoms with Crippen LogP contribution in [0.2, 0.25) is 5.02 Å². The molecule has 0 radical (unpaired) electrons. The van der Waals surface area contributed by atoms with Crippen LogP contribution < -0.4 is 15.6 Å². The topological polar surface area (TPSA) is 85.2 Å². The number of hydrogen-bond acceptors (Lipinski definition) is 4. The van der Waals surface area contributed by atoms with Gasteiger partial charge in [-0.3, -0.25) is 20.4 Å². The number of para-hydroxylation sites is 2. The summed E-state index contributed by atoms with van der Waals surface area (Å²) in [6.45, 7) is 1.62. The van der Waals surface area contributed by atoms with E-state index in [0.717, 1.165) is 16.6 Å². The van der Waals surface area contributed by atoms with Gasteiger partial charge in [-0.15, -0.1) is 0 Å². The Morgan fingerprint density at radius 3 is 2.63 bits per heavy atom. The first-order valence-electron chi connectivity index (χ1n) is 8.31. The number of hydrazine groups is 1. The van der Waals surface area contributed by atoms with Crippen LogP contribution in [-0.4, -0.2) is 28.0 Å². The van der Waals surface area contributed by atoms with Gasteiger partial charge in [-0.2, -0.15) is 0 Å². The van der Waals surface area contributed by atoms with Crippen molar-refractivity contribution in [1.29, 1.82) is 0 Å². The number of halogens is 1. The Morgan fingerprint density at radius 2 is 1.89 bits per heavy atom. The molecule has 7 nitrogen and oxygen atoms in total. The second-order valence-electron chi connectivity index (χ2n) is 6.05. The molecule has 3 rings (SSSR count). The molecule has 140 valence electrons. The number of nitrogens with one attached hydrogen (secondary N) is 2. The lowest BCUT2D eigenvalue weighted by atomic mass is 10.2. The predicted octanol–water partition coefficient (Wildman–Crippen LogP) is 2.30. The van der Waals surface area contributed by atoms with E-state index in [0.29, 0.717) is 16.6 Å². The fourth-order valence-electron chi connectivity index (χ4n) is 2.57. The monoisotopic (exact) mass is 386 g/mol. The minimum atomic E-state index is -0.471. The van der Waals surface area contributed by atoms with Gasteiger partial charge in [0.2, 0.25) is 5.91 Å². The summed E-state index contributed by atoms with van der Waals surface area (Å²) < 4.78 is 7.22. The van der Waals surface area contributed by atoms with E-state index in [2.05, 4.69) is 15.8 Å². The summed E-state index contributed by atoms with van der Waals surface area (Å²) in [5, 5.41) is 0.626. The summed E-state index contributed by atoms with van der Waals surface area (Å²) in [4.78, 5) is 28.3.